The van der Waals surface area contributed by atoms with Crippen LogP contribution in [0.2, 0.25) is 0 Å². The lowest BCUT2D eigenvalue weighted by molar-refractivity contribution is -0.150. The second-order valence-corrected chi connectivity index (χ2v) is 16.3. The van der Waals surface area contributed by atoms with Crippen LogP contribution < -0.4 is 0 Å². The Balaban J connectivity index is 2.07. The first-order valence-corrected chi connectivity index (χ1v) is 22.8. The molecule has 1 fully saturated rings. The van der Waals surface area contributed by atoms with Crippen molar-refractivity contribution in [2.75, 3.05) is 32.8 Å². The smallest absolute Gasteiger partial charge is 0.306 e. The maximum Gasteiger partial charge on any atom is 0.306 e. The number of carbonyl (C=O) groups is 1. The van der Waals surface area contributed by atoms with Gasteiger partial charge in [0.05, 0.1) is 6.61 Å². The first-order valence-electron chi connectivity index (χ1n) is 22.8. The van der Waals surface area contributed by atoms with Crippen LogP contribution in [0.5, 0.6) is 0 Å². The fourth-order valence-corrected chi connectivity index (χ4v) is 7.99. The molecular weight excluding hydrogens is 634 g/mol. The molecular formula is C45H89NO5. The summed E-state index contributed by atoms with van der Waals surface area (Å²) in [5.74, 6) is 1.75. The van der Waals surface area contributed by atoms with Crippen LogP contribution in [0.15, 0.2) is 0 Å². The van der Waals surface area contributed by atoms with Gasteiger partial charge in [-0.05, 0) is 89.1 Å². The summed E-state index contributed by atoms with van der Waals surface area (Å²) in [5, 5.41) is 19.8. The fourth-order valence-electron chi connectivity index (χ4n) is 7.99. The summed E-state index contributed by atoms with van der Waals surface area (Å²) in [7, 11) is 0. The van der Waals surface area contributed by atoms with E-state index in [0.717, 1.165) is 95.7 Å². The summed E-state index contributed by atoms with van der Waals surface area (Å²) in [4.78, 5) is 15.1. The number of ether oxygens (including phenoxy) is 2. The number of rotatable bonds is 38. The Hall–Kier alpha value is -0.690. The normalized spacial score (nSPS) is 17.1. The molecule has 0 bridgehead atoms. The van der Waals surface area contributed by atoms with E-state index >= 15 is 0 Å². The number of aliphatic hydroxyl groups is 2. The third-order valence-corrected chi connectivity index (χ3v) is 11.6. The van der Waals surface area contributed by atoms with Crippen molar-refractivity contribution in [1.29, 1.82) is 0 Å². The highest BCUT2D eigenvalue weighted by molar-refractivity contribution is 5.69. The van der Waals surface area contributed by atoms with Gasteiger partial charge in [-0.1, -0.05) is 156 Å². The quantitative estimate of drug-likeness (QED) is 0.0375. The lowest BCUT2D eigenvalue weighted by Crippen LogP contribution is -2.29. The monoisotopic (exact) mass is 724 g/mol. The summed E-state index contributed by atoms with van der Waals surface area (Å²) in [5.41, 5.74) is 0. The predicted octanol–water partition coefficient (Wildman–Crippen LogP) is 12.3. The predicted molar refractivity (Wildman–Crippen MR) is 217 cm³/mol. The van der Waals surface area contributed by atoms with Gasteiger partial charge < -0.3 is 24.6 Å². The lowest BCUT2D eigenvalue weighted by Gasteiger charge is -2.27. The van der Waals surface area contributed by atoms with E-state index in [4.69, 9.17) is 9.47 Å². The largest absolute Gasteiger partial charge is 0.462 e. The Morgan fingerprint density at radius 2 is 1.08 bits per heavy atom. The molecule has 1 aliphatic rings. The molecule has 6 nitrogen and oxygen atoms in total. The number of hydrogen-bond donors (Lipinski definition) is 2. The molecule has 51 heavy (non-hydrogen) atoms. The first kappa shape index (κ1) is 48.3. The molecule has 0 aliphatic heterocycles. The summed E-state index contributed by atoms with van der Waals surface area (Å²) >= 11 is 0. The molecule has 0 amide bonds. The molecule has 1 saturated carbocycles. The van der Waals surface area contributed by atoms with Gasteiger partial charge in [-0.2, -0.15) is 0 Å². The molecule has 0 aromatic heterocycles. The average molecular weight is 724 g/mol. The highest BCUT2D eigenvalue weighted by atomic mass is 16.6. The van der Waals surface area contributed by atoms with Gasteiger partial charge in [0.1, 0.15) is 6.10 Å². The summed E-state index contributed by atoms with van der Waals surface area (Å²) < 4.78 is 11.8. The molecule has 1 aliphatic carbocycles. The zero-order valence-corrected chi connectivity index (χ0v) is 34.5. The van der Waals surface area contributed by atoms with Crippen LogP contribution in [-0.4, -0.2) is 66.3 Å². The van der Waals surface area contributed by atoms with E-state index in [1.54, 1.807) is 0 Å². The van der Waals surface area contributed by atoms with Crippen molar-refractivity contribution in [3.8, 4) is 0 Å². The van der Waals surface area contributed by atoms with Gasteiger partial charge in [0, 0.05) is 19.6 Å². The minimum Gasteiger partial charge on any atom is -0.462 e. The van der Waals surface area contributed by atoms with Crippen LogP contribution >= 0.6 is 0 Å². The summed E-state index contributed by atoms with van der Waals surface area (Å²) in [6.45, 7) is 10.6. The second-order valence-electron chi connectivity index (χ2n) is 16.3. The second kappa shape index (κ2) is 36.3. The maximum atomic E-state index is 12.7. The van der Waals surface area contributed by atoms with Crippen LogP contribution in [0.3, 0.4) is 0 Å². The Morgan fingerprint density at radius 1 is 0.608 bits per heavy atom. The molecule has 0 heterocycles. The van der Waals surface area contributed by atoms with E-state index < -0.39 is 6.29 Å². The van der Waals surface area contributed by atoms with E-state index in [0.29, 0.717) is 13.0 Å². The fraction of sp³-hybridized carbons (Fsp3) is 0.978. The van der Waals surface area contributed by atoms with E-state index in [2.05, 4.69) is 25.7 Å². The Kier molecular flexibility index (Phi) is 34.4. The van der Waals surface area contributed by atoms with E-state index in [1.165, 1.54) is 135 Å². The summed E-state index contributed by atoms with van der Waals surface area (Å²) in [6, 6.07) is 0. The zero-order valence-electron chi connectivity index (χ0n) is 34.5. The van der Waals surface area contributed by atoms with Gasteiger partial charge in [0.25, 0.3) is 0 Å². The van der Waals surface area contributed by atoms with Crippen molar-refractivity contribution in [1.82, 2.24) is 4.90 Å². The molecule has 0 radical (unpaired) electrons. The summed E-state index contributed by atoms with van der Waals surface area (Å²) in [6.07, 6.45) is 37.5. The van der Waals surface area contributed by atoms with Crippen molar-refractivity contribution < 1.29 is 24.5 Å². The van der Waals surface area contributed by atoms with Crippen molar-refractivity contribution in [2.24, 2.45) is 11.8 Å². The van der Waals surface area contributed by atoms with Crippen molar-refractivity contribution >= 4 is 5.97 Å². The minimum absolute atomic E-state index is 0.0190. The molecule has 304 valence electrons. The number of carbonyl (C=O) groups excluding carboxylic acids is 1. The lowest BCUT2D eigenvalue weighted by atomic mass is 9.80. The number of unbranched alkanes of at least 4 members (excludes halogenated alkanes) is 18. The van der Waals surface area contributed by atoms with Crippen LogP contribution in [0, 0.1) is 11.8 Å². The molecule has 1 unspecified atom stereocenters. The van der Waals surface area contributed by atoms with Crippen molar-refractivity contribution in [3.63, 3.8) is 0 Å². The minimum atomic E-state index is -0.599. The molecule has 1 atom stereocenters. The molecule has 6 heteroatoms. The first-order chi connectivity index (χ1) is 25.0. The van der Waals surface area contributed by atoms with Crippen LogP contribution in [0.1, 0.15) is 226 Å². The average Bonchev–Trinajstić information content (AvgIpc) is 3.13. The topological polar surface area (TPSA) is 79.2 Å². The van der Waals surface area contributed by atoms with Crippen LogP contribution in [0.25, 0.3) is 0 Å². The molecule has 0 aromatic carbocycles. The van der Waals surface area contributed by atoms with Gasteiger partial charge in [-0.15, -0.1) is 0 Å². The maximum absolute atomic E-state index is 12.7. The van der Waals surface area contributed by atoms with Gasteiger partial charge in [0.15, 0.2) is 6.29 Å². The zero-order chi connectivity index (χ0) is 37.0. The molecule has 0 spiro atoms. The van der Waals surface area contributed by atoms with E-state index in [9.17, 15) is 15.0 Å². The molecule has 2 N–H and O–H groups in total. The van der Waals surface area contributed by atoms with E-state index in [1.807, 2.05) is 0 Å². The van der Waals surface area contributed by atoms with Gasteiger partial charge in [0.2, 0.25) is 0 Å². The SMILES string of the molecule is CCCCCCCCC(CCCCCCCC)OC(=O)CCCCCCCN(CCO)CCCCCCCC(O)OCCC1CCC(CC)CC1. The van der Waals surface area contributed by atoms with Crippen LogP contribution in [0.4, 0.5) is 0 Å². The third-order valence-electron chi connectivity index (χ3n) is 11.6. The molecule has 0 saturated heterocycles. The number of esters is 1. The highest BCUT2D eigenvalue weighted by Gasteiger charge is 2.20. The van der Waals surface area contributed by atoms with Gasteiger partial charge in [-0.3, -0.25) is 4.79 Å². The van der Waals surface area contributed by atoms with Crippen molar-refractivity contribution in [2.45, 2.75) is 239 Å². The number of hydrogen-bond acceptors (Lipinski definition) is 6. The molecule has 0 aromatic rings. The molecule has 1 rings (SSSR count). The van der Waals surface area contributed by atoms with Gasteiger partial charge >= 0.3 is 5.97 Å². The third kappa shape index (κ3) is 30.3. The standard InChI is InChI=1S/C45H89NO5/c1-4-7-9-11-15-21-27-43(28-22-16-12-10-8-5-2)51-45(49)30-24-18-14-20-26-37-46(38-39-47)36-25-19-13-17-23-29-44(48)50-40-35-42-33-31-41(6-3)32-34-42/h41-44,47-48H,4-40H2,1-3H3. The van der Waals surface area contributed by atoms with Crippen molar-refractivity contribution in [3.05, 3.63) is 0 Å². The Bertz CT molecular complexity index is 711. The van der Waals surface area contributed by atoms with Gasteiger partial charge in [-0.25, -0.2) is 0 Å². The number of nitrogens with zero attached hydrogens (tertiary/aromatic N) is 1. The Morgan fingerprint density at radius 3 is 1.61 bits per heavy atom. The highest BCUT2D eigenvalue weighted by Crippen LogP contribution is 2.32. The Labute approximate surface area is 318 Å². The number of aliphatic hydroxyl groups excluding tert-OH is 2. The van der Waals surface area contributed by atoms with Crippen LogP contribution in [-0.2, 0) is 14.3 Å². The van der Waals surface area contributed by atoms with E-state index in [-0.39, 0.29) is 18.7 Å².